The first-order valence-corrected chi connectivity index (χ1v) is 11.4. The van der Waals surface area contributed by atoms with Gasteiger partial charge >= 0.3 is 5.69 Å². The van der Waals surface area contributed by atoms with Crippen molar-refractivity contribution >= 4 is 29.9 Å². The van der Waals surface area contributed by atoms with Gasteiger partial charge in [-0.1, -0.05) is 6.42 Å². The molecule has 0 bridgehead atoms. The third-order valence-electron chi connectivity index (χ3n) is 6.05. The Bertz CT molecular complexity index is 734. The van der Waals surface area contributed by atoms with Gasteiger partial charge in [-0.15, -0.1) is 24.0 Å². The molecule has 0 radical (unpaired) electrons. The number of aromatic nitrogens is 3. The molecule has 8 nitrogen and oxygen atoms in total. The van der Waals surface area contributed by atoms with Gasteiger partial charge in [0.25, 0.3) is 0 Å². The van der Waals surface area contributed by atoms with Crippen molar-refractivity contribution in [3.8, 4) is 0 Å². The Morgan fingerprint density at radius 3 is 2.53 bits per heavy atom. The second-order valence-corrected chi connectivity index (χ2v) is 8.87. The van der Waals surface area contributed by atoms with E-state index in [0.717, 1.165) is 63.6 Å². The van der Waals surface area contributed by atoms with E-state index in [2.05, 4.69) is 41.4 Å². The molecule has 0 saturated carbocycles. The second-order valence-electron chi connectivity index (χ2n) is 8.87. The topological polar surface area (TPSA) is 79.5 Å². The molecule has 1 saturated heterocycles. The fourth-order valence-corrected chi connectivity index (χ4v) is 4.24. The Balaban J connectivity index is 0.00000320. The van der Waals surface area contributed by atoms with Crippen LogP contribution in [0.3, 0.4) is 0 Å². The average Bonchev–Trinajstić information content (AvgIpc) is 3.06. The molecule has 0 aromatic carbocycles. The number of nitrogens with zero attached hydrogens (tertiary/aromatic N) is 5. The van der Waals surface area contributed by atoms with Gasteiger partial charge in [0.1, 0.15) is 5.82 Å². The number of hydrogen-bond acceptors (Lipinski definition) is 4. The lowest BCUT2D eigenvalue weighted by Crippen LogP contribution is -2.49. The summed E-state index contributed by atoms with van der Waals surface area (Å²) in [5.74, 6) is 1.80. The molecule has 0 atom stereocenters. The number of aryl methyl sites for hydroxylation is 2. The van der Waals surface area contributed by atoms with Crippen LogP contribution in [-0.2, 0) is 19.5 Å². The minimum absolute atomic E-state index is 0. The van der Waals surface area contributed by atoms with Crippen molar-refractivity contribution in [2.75, 3.05) is 32.7 Å². The van der Waals surface area contributed by atoms with Crippen molar-refractivity contribution in [3.63, 3.8) is 0 Å². The Hall–Kier alpha value is -1.10. The normalized spacial score (nSPS) is 17.9. The lowest BCUT2D eigenvalue weighted by Gasteiger charge is -2.40. The van der Waals surface area contributed by atoms with E-state index in [1.54, 1.807) is 4.68 Å². The highest BCUT2D eigenvalue weighted by atomic mass is 127. The van der Waals surface area contributed by atoms with Crippen LogP contribution in [0.5, 0.6) is 0 Å². The third kappa shape index (κ3) is 6.70. The second kappa shape index (κ2) is 12.1. The van der Waals surface area contributed by atoms with Crippen molar-refractivity contribution < 1.29 is 0 Å². The summed E-state index contributed by atoms with van der Waals surface area (Å²) in [5.41, 5.74) is 0.120. The molecule has 0 aliphatic carbocycles. The molecule has 3 heterocycles. The summed E-state index contributed by atoms with van der Waals surface area (Å²) in [6.07, 6.45) is 7.92. The number of aliphatic imine (C=N–C) groups is 1. The molecule has 2 aliphatic heterocycles. The molecular weight excluding hydrogens is 493 g/mol. The monoisotopic (exact) mass is 533 g/mol. The first-order valence-electron chi connectivity index (χ1n) is 11.4. The standard InChI is InChI=1S/C21H39N7O.HI/c1-4-22-19(24-17-21(2,3)26-13-7-5-8-14-26)23-12-10-16-28-20(29)27-15-9-6-11-18(27)25-28;/h4-17H2,1-3H3,(H2,22,23,24);1H. The number of piperidine rings is 1. The van der Waals surface area contributed by atoms with E-state index in [1.807, 2.05) is 4.57 Å². The van der Waals surface area contributed by atoms with Crippen LogP contribution < -0.4 is 16.3 Å². The number of halogens is 1. The fourth-order valence-electron chi connectivity index (χ4n) is 4.24. The summed E-state index contributed by atoms with van der Waals surface area (Å²) in [5, 5.41) is 11.3. The summed E-state index contributed by atoms with van der Waals surface area (Å²) in [6.45, 7) is 12.9. The lowest BCUT2D eigenvalue weighted by atomic mass is 9.99. The van der Waals surface area contributed by atoms with Gasteiger partial charge in [0.2, 0.25) is 0 Å². The fraction of sp³-hybridized carbons (Fsp3) is 0.857. The van der Waals surface area contributed by atoms with E-state index >= 15 is 0 Å². The Labute approximate surface area is 197 Å². The quantitative estimate of drug-likeness (QED) is 0.232. The Morgan fingerprint density at radius 2 is 1.83 bits per heavy atom. The molecule has 0 amide bonds. The highest BCUT2D eigenvalue weighted by Crippen LogP contribution is 2.20. The highest BCUT2D eigenvalue weighted by Gasteiger charge is 2.27. The van der Waals surface area contributed by atoms with Crippen LogP contribution in [0, 0.1) is 0 Å². The number of fused-ring (bicyclic) bond motifs is 1. The molecule has 2 N–H and O–H groups in total. The van der Waals surface area contributed by atoms with E-state index < -0.39 is 0 Å². The number of guanidine groups is 1. The van der Waals surface area contributed by atoms with Gasteiger partial charge in [-0.05, 0) is 66.0 Å². The van der Waals surface area contributed by atoms with Gasteiger partial charge in [0.05, 0.1) is 6.54 Å². The maximum Gasteiger partial charge on any atom is 0.345 e. The molecule has 30 heavy (non-hydrogen) atoms. The Kier molecular flexibility index (Phi) is 10.1. The van der Waals surface area contributed by atoms with Gasteiger partial charge < -0.3 is 10.6 Å². The maximum absolute atomic E-state index is 12.4. The molecule has 1 aromatic rings. The zero-order valence-electron chi connectivity index (χ0n) is 19.0. The molecular formula is C21H40IN7O. The van der Waals surface area contributed by atoms with Crippen molar-refractivity contribution in [2.24, 2.45) is 4.99 Å². The van der Waals surface area contributed by atoms with Gasteiger partial charge in [-0.3, -0.25) is 14.5 Å². The molecule has 0 spiro atoms. The number of nitrogens with one attached hydrogen (secondary N) is 2. The molecule has 1 aromatic heterocycles. The van der Waals surface area contributed by atoms with E-state index in [1.165, 1.54) is 32.4 Å². The SMILES string of the molecule is CCNC(=NCC(C)(C)N1CCCCC1)NCCCn1nc2n(c1=O)CCCC2.I. The summed E-state index contributed by atoms with van der Waals surface area (Å²) >= 11 is 0. The van der Waals surface area contributed by atoms with Crippen LogP contribution >= 0.6 is 24.0 Å². The van der Waals surface area contributed by atoms with Crippen LogP contribution in [0.2, 0.25) is 0 Å². The number of hydrogen-bond donors (Lipinski definition) is 2. The number of likely N-dealkylation sites (tertiary alicyclic amines) is 1. The molecule has 172 valence electrons. The zero-order chi connectivity index (χ0) is 20.7. The van der Waals surface area contributed by atoms with E-state index in [4.69, 9.17) is 4.99 Å². The molecule has 2 aliphatic rings. The zero-order valence-corrected chi connectivity index (χ0v) is 21.3. The Morgan fingerprint density at radius 1 is 1.10 bits per heavy atom. The predicted molar refractivity (Wildman–Crippen MR) is 133 cm³/mol. The van der Waals surface area contributed by atoms with Gasteiger partial charge in [-0.25, -0.2) is 9.48 Å². The predicted octanol–water partition coefficient (Wildman–Crippen LogP) is 2.21. The van der Waals surface area contributed by atoms with Crippen molar-refractivity contribution in [2.45, 2.75) is 84.3 Å². The van der Waals surface area contributed by atoms with Crippen LogP contribution in [0.1, 0.15) is 65.1 Å². The molecule has 9 heteroatoms. The minimum Gasteiger partial charge on any atom is -0.357 e. The molecule has 1 fully saturated rings. The number of rotatable bonds is 8. The lowest BCUT2D eigenvalue weighted by molar-refractivity contribution is 0.102. The van der Waals surface area contributed by atoms with Crippen LogP contribution in [-0.4, -0.2) is 63.5 Å². The molecule has 3 rings (SSSR count). The van der Waals surface area contributed by atoms with Crippen molar-refractivity contribution in [3.05, 3.63) is 16.3 Å². The van der Waals surface area contributed by atoms with Crippen LogP contribution in [0.4, 0.5) is 0 Å². The molecule has 0 unspecified atom stereocenters. The van der Waals surface area contributed by atoms with Gasteiger partial charge in [0.15, 0.2) is 5.96 Å². The summed E-state index contributed by atoms with van der Waals surface area (Å²) in [4.78, 5) is 19.8. The van der Waals surface area contributed by atoms with E-state index in [-0.39, 0.29) is 35.2 Å². The third-order valence-corrected chi connectivity index (χ3v) is 6.05. The van der Waals surface area contributed by atoms with E-state index in [9.17, 15) is 4.79 Å². The van der Waals surface area contributed by atoms with Crippen LogP contribution in [0.15, 0.2) is 9.79 Å². The minimum atomic E-state index is 0. The maximum atomic E-state index is 12.4. The first-order chi connectivity index (χ1) is 14.0. The van der Waals surface area contributed by atoms with Gasteiger partial charge in [-0.2, -0.15) is 5.10 Å². The van der Waals surface area contributed by atoms with E-state index in [0.29, 0.717) is 6.54 Å². The summed E-state index contributed by atoms with van der Waals surface area (Å²) in [7, 11) is 0. The first kappa shape index (κ1) is 25.2. The van der Waals surface area contributed by atoms with Gasteiger partial charge in [0, 0.05) is 38.1 Å². The van der Waals surface area contributed by atoms with Crippen molar-refractivity contribution in [1.29, 1.82) is 0 Å². The van der Waals surface area contributed by atoms with Crippen molar-refractivity contribution in [1.82, 2.24) is 29.9 Å². The van der Waals surface area contributed by atoms with Crippen LogP contribution in [0.25, 0.3) is 0 Å². The smallest absolute Gasteiger partial charge is 0.345 e. The average molecular weight is 534 g/mol. The largest absolute Gasteiger partial charge is 0.357 e. The summed E-state index contributed by atoms with van der Waals surface area (Å²) < 4.78 is 3.47. The summed E-state index contributed by atoms with van der Waals surface area (Å²) in [6, 6.07) is 0. The highest BCUT2D eigenvalue weighted by molar-refractivity contribution is 14.0.